The Balaban J connectivity index is 1.77. The molecule has 6 nitrogen and oxygen atoms in total. The van der Waals surface area contributed by atoms with E-state index >= 15 is 0 Å². The van der Waals surface area contributed by atoms with Gasteiger partial charge in [0.2, 0.25) is 5.91 Å². The average molecular weight is 379 g/mol. The second kappa shape index (κ2) is 7.84. The van der Waals surface area contributed by atoms with Gasteiger partial charge >= 0.3 is 6.03 Å². The lowest BCUT2D eigenvalue weighted by atomic mass is 10.1. The zero-order chi connectivity index (χ0) is 20.4. The molecule has 1 atom stereocenters. The number of anilines is 2. The molecule has 0 radical (unpaired) electrons. The van der Waals surface area contributed by atoms with Crippen LogP contribution in [-0.2, 0) is 16.0 Å². The van der Waals surface area contributed by atoms with Crippen molar-refractivity contribution in [3.05, 3.63) is 59.2 Å². The molecular formula is C22H25N3O3. The van der Waals surface area contributed by atoms with Crippen LogP contribution in [0.3, 0.4) is 0 Å². The number of nitrogens with zero attached hydrogens (tertiary/aromatic N) is 2. The van der Waals surface area contributed by atoms with Crippen LogP contribution < -0.4 is 10.2 Å². The number of carbonyl (C=O) groups is 3. The topological polar surface area (TPSA) is 69.7 Å². The van der Waals surface area contributed by atoms with Crippen LogP contribution in [0.1, 0.15) is 30.5 Å². The summed E-state index contributed by atoms with van der Waals surface area (Å²) in [5, 5.41) is 2.87. The number of hydrogen-bond acceptors (Lipinski definition) is 3. The van der Waals surface area contributed by atoms with Gasteiger partial charge in [0.1, 0.15) is 12.6 Å². The van der Waals surface area contributed by atoms with Gasteiger partial charge < -0.3 is 5.32 Å². The van der Waals surface area contributed by atoms with Crippen molar-refractivity contribution in [2.45, 2.75) is 40.2 Å². The molecule has 146 valence electrons. The van der Waals surface area contributed by atoms with E-state index < -0.39 is 12.1 Å². The van der Waals surface area contributed by atoms with Crippen LogP contribution in [-0.4, -0.2) is 35.3 Å². The van der Waals surface area contributed by atoms with Gasteiger partial charge in [0, 0.05) is 11.4 Å². The van der Waals surface area contributed by atoms with Crippen molar-refractivity contribution in [2.24, 2.45) is 0 Å². The normalized spacial score (nSPS) is 16.6. The van der Waals surface area contributed by atoms with Crippen molar-refractivity contribution in [3.8, 4) is 0 Å². The Labute approximate surface area is 165 Å². The Morgan fingerprint density at radius 1 is 1.07 bits per heavy atom. The first-order chi connectivity index (χ1) is 13.3. The zero-order valence-corrected chi connectivity index (χ0v) is 16.7. The largest absolute Gasteiger partial charge is 0.332 e. The van der Waals surface area contributed by atoms with E-state index in [2.05, 4.69) is 5.32 Å². The number of benzene rings is 2. The van der Waals surface area contributed by atoms with E-state index in [1.54, 1.807) is 19.1 Å². The smallest absolute Gasteiger partial charge is 0.324 e. The first-order valence-corrected chi connectivity index (χ1v) is 9.43. The van der Waals surface area contributed by atoms with Gasteiger partial charge in [0.25, 0.3) is 5.91 Å². The van der Waals surface area contributed by atoms with E-state index in [0.29, 0.717) is 5.69 Å². The Hall–Kier alpha value is -3.15. The predicted molar refractivity (Wildman–Crippen MR) is 109 cm³/mol. The fourth-order valence-electron chi connectivity index (χ4n) is 3.44. The van der Waals surface area contributed by atoms with Crippen LogP contribution >= 0.6 is 0 Å². The van der Waals surface area contributed by atoms with Crippen molar-refractivity contribution in [1.29, 1.82) is 0 Å². The number of aryl methyl sites for hydroxylation is 3. The third kappa shape index (κ3) is 3.63. The lowest BCUT2D eigenvalue weighted by Crippen LogP contribution is -2.39. The molecule has 0 saturated carbocycles. The molecule has 1 heterocycles. The van der Waals surface area contributed by atoms with Crippen molar-refractivity contribution < 1.29 is 14.4 Å². The molecule has 1 saturated heterocycles. The molecule has 0 bridgehead atoms. The summed E-state index contributed by atoms with van der Waals surface area (Å²) in [4.78, 5) is 40.5. The molecule has 6 heteroatoms. The summed E-state index contributed by atoms with van der Waals surface area (Å²) in [5.74, 6) is -0.759. The van der Waals surface area contributed by atoms with Crippen LogP contribution in [0.15, 0.2) is 42.5 Å². The molecule has 0 unspecified atom stereocenters. The van der Waals surface area contributed by atoms with Crippen LogP contribution in [0.5, 0.6) is 0 Å². The second-order valence-corrected chi connectivity index (χ2v) is 7.10. The summed E-state index contributed by atoms with van der Waals surface area (Å²) >= 11 is 0. The first kappa shape index (κ1) is 19.6. The SMILES string of the molecule is CCc1cccc(C)c1NC(=O)CN1C(=O)[C@@H](C)N(c2ccc(C)cc2)C1=O. The number of nitrogens with one attached hydrogen (secondary N) is 1. The fourth-order valence-corrected chi connectivity index (χ4v) is 3.44. The standard InChI is InChI=1S/C22H25N3O3/c1-5-17-8-6-7-15(3)20(17)23-19(26)13-24-21(27)16(4)25(22(24)28)18-11-9-14(2)10-12-18/h6-12,16H,5,13H2,1-4H3,(H,23,26)/t16-/m1/s1. The minimum Gasteiger partial charge on any atom is -0.324 e. The first-order valence-electron chi connectivity index (χ1n) is 9.43. The number of imide groups is 1. The summed E-state index contributed by atoms with van der Waals surface area (Å²) < 4.78 is 0. The molecule has 0 aromatic heterocycles. The molecule has 1 aliphatic heterocycles. The highest BCUT2D eigenvalue weighted by Crippen LogP contribution is 2.26. The highest BCUT2D eigenvalue weighted by Gasteiger charge is 2.44. The summed E-state index contributed by atoms with van der Waals surface area (Å²) in [6.07, 6.45) is 0.775. The Kier molecular flexibility index (Phi) is 5.49. The summed E-state index contributed by atoms with van der Waals surface area (Å²) in [6, 6.07) is 12.1. The number of hydrogen-bond donors (Lipinski definition) is 1. The van der Waals surface area contributed by atoms with Crippen LogP contribution in [0.4, 0.5) is 16.2 Å². The molecule has 3 rings (SSSR count). The fraction of sp³-hybridized carbons (Fsp3) is 0.318. The van der Waals surface area contributed by atoms with E-state index in [1.165, 1.54) is 4.90 Å². The third-order valence-corrected chi connectivity index (χ3v) is 5.07. The highest BCUT2D eigenvalue weighted by molar-refractivity contribution is 6.16. The summed E-state index contributed by atoms with van der Waals surface area (Å²) in [6.45, 7) is 7.26. The number of urea groups is 1. The minimum absolute atomic E-state index is 0.304. The lowest BCUT2D eigenvalue weighted by Gasteiger charge is -2.19. The average Bonchev–Trinajstić information content (AvgIpc) is 2.88. The van der Waals surface area contributed by atoms with E-state index in [9.17, 15) is 14.4 Å². The van der Waals surface area contributed by atoms with Crippen LogP contribution in [0.25, 0.3) is 0 Å². The number of rotatable bonds is 5. The molecule has 1 fully saturated rings. The van der Waals surface area contributed by atoms with Gasteiger partial charge in [-0.2, -0.15) is 0 Å². The van der Waals surface area contributed by atoms with Crippen molar-refractivity contribution in [3.63, 3.8) is 0 Å². The van der Waals surface area contributed by atoms with E-state index in [0.717, 1.165) is 33.7 Å². The Morgan fingerprint density at radius 3 is 2.39 bits per heavy atom. The van der Waals surface area contributed by atoms with Crippen molar-refractivity contribution >= 4 is 29.2 Å². The molecule has 1 aliphatic rings. The number of carbonyl (C=O) groups excluding carboxylic acids is 3. The van der Waals surface area contributed by atoms with Gasteiger partial charge in [-0.25, -0.2) is 4.79 Å². The molecule has 28 heavy (non-hydrogen) atoms. The zero-order valence-electron chi connectivity index (χ0n) is 16.7. The van der Waals surface area contributed by atoms with E-state index in [1.807, 2.05) is 51.1 Å². The monoisotopic (exact) mass is 379 g/mol. The summed E-state index contributed by atoms with van der Waals surface area (Å²) in [5.41, 5.74) is 4.42. The van der Waals surface area contributed by atoms with Crippen LogP contribution in [0, 0.1) is 13.8 Å². The lowest BCUT2D eigenvalue weighted by molar-refractivity contribution is -0.130. The van der Waals surface area contributed by atoms with Gasteiger partial charge in [0.05, 0.1) is 0 Å². The molecule has 0 aliphatic carbocycles. The van der Waals surface area contributed by atoms with Crippen LogP contribution in [0.2, 0.25) is 0 Å². The summed E-state index contributed by atoms with van der Waals surface area (Å²) in [7, 11) is 0. The molecular weight excluding hydrogens is 354 g/mol. The maximum absolute atomic E-state index is 12.8. The quantitative estimate of drug-likeness (QED) is 0.806. The highest BCUT2D eigenvalue weighted by atomic mass is 16.2. The third-order valence-electron chi connectivity index (χ3n) is 5.07. The van der Waals surface area contributed by atoms with E-state index in [-0.39, 0.29) is 18.4 Å². The van der Waals surface area contributed by atoms with Gasteiger partial charge in [-0.05, 0) is 50.5 Å². The van der Waals surface area contributed by atoms with E-state index in [4.69, 9.17) is 0 Å². The van der Waals surface area contributed by atoms with Crippen molar-refractivity contribution in [2.75, 3.05) is 16.8 Å². The van der Waals surface area contributed by atoms with Gasteiger partial charge in [-0.15, -0.1) is 0 Å². The van der Waals surface area contributed by atoms with Gasteiger partial charge in [0.15, 0.2) is 0 Å². The van der Waals surface area contributed by atoms with Crippen molar-refractivity contribution in [1.82, 2.24) is 4.90 Å². The predicted octanol–water partition coefficient (Wildman–Crippen LogP) is 3.66. The van der Waals surface area contributed by atoms with Gasteiger partial charge in [-0.1, -0.05) is 42.8 Å². The number of para-hydroxylation sites is 1. The minimum atomic E-state index is -0.646. The maximum atomic E-state index is 12.8. The Bertz CT molecular complexity index is 921. The molecule has 4 amide bonds. The Morgan fingerprint density at radius 2 is 1.75 bits per heavy atom. The molecule has 0 spiro atoms. The molecule has 2 aromatic carbocycles. The number of amides is 4. The maximum Gasteiger partial charge on any atom is 0.332 e. The molecule has 1 N–H and O–H groups in total. The van der Waals surface area contributed by atoms with Gasteiger partial charge in [-0.3, -0.25) is 19.4 Å². The molecule has 2 aromatic rings. The second-order valence-electron chi connectivity index (χ2n) is 7.10.